The molecule has 0 aliphatic heterocycles. The van der Waals surface area contributed by atoms with E-state index in [1.807, 2.05) is 35.1 Å². The number of hydrogen-bond acceptors (Lipinski definition) is 5. The maximum Gasteiger partial charge on any atom is 0.265 e. The Labute approximate surface area is 132 Å². The lowest BCUT2D eigenvalue weighted by atomic mass is 10.1. The molecule has 3 N–H and O–H groups in total. The van der Waals surface area contributed by atoms with Gasteiger partial charge in [-0.1, -0.05) is 30.3 Å². The minimum absolute atomic E-state index is 0.240. The Morgan fingerprint density at radius 2 is 1.86 bits per heavy atom. The molecule has 116 valence electrons. The number of nitrogens with two attached hydrogens (primary N) is 1. The number of nitrogens with one attached hydrogen (secondary N) is 1. The van der Waals surface area contributed by atoms with Crippen LogP contribution >= 0.6 is 11.3 Å². The van der Waals surface area contributed by atoms with Crippen LogP contribution in [0.3, 0.4) is 0 Å². The second-order valence-electron chi connectivity index (χ2n) is 4.62. The second kappa shape index (κ2) is 6.71. The number of benzene rings is 1. The van der Waals surface area contributed by atoms with E-state index >= 15 is 0 Å². The molecule has 0 spiro atoms. The van der Waals surface area contributed by atoms with Gasteiger partial charge >= 0.3 is 0 Å². The molecule has 1 aromatic heterocycles. The minimum atomic E-state index is -4.05. The number of amides is 2. The van der Waals surface area contributed by atoms with Crippen LogP contribution in [0.15, 0.2) is 41.8 Å². The monoisotopic (exact) mass is 338 g/mol. The molecule has 2 rings (SSSR count). The highest BCUT2D eigenvalue weighted by Crippen LogP contribution is 2.18. The first kappa shape index (κ1) is 16.2. The lowest BCUT2D eigenvalue weighted by Gasteiger charge is -2.03. The van der Waals surface area contributed by atoms with Gasteiger partial charge in [-0.2, -0.15) is 0 Å². The Morgan fingerprint density at radius 1 is 1.18 bits per heavy atom. The van der Waals surface area contributed by atoms with Gasteiger partial charge in [-0.3, -0.25) is 9.59 Å². The average Bonchev–Trinajstić information content (AvgIpc) is 2.86. The Morgan fingerprint density at radius 3 is 2.50 bits per heavy atom. The lowest BCUT2D eigenvalue weighted by molar-refractivity contribution is -0.115. The Kier molecular flexibility index (Phi) is 4.94. The van der Waals surface area contributed by atoms with Gasteiger partial charge in [0.1, 0.15) is 5.75 Å². The number of primary amides is 1. The van der Waals surface area contributed by atoms with E-state index in [1.54, 1.807) is 11.4 Å². The summed E-state index contributed by atoms with van der Waals surface area (Å²) < 4.78 is 24.8. The standard InChI is InChI=1S/C14H14N2O4S2/c15-13(17)9-22(19,20)16-14(18)11-7-12(21-8-11)6-10-4-2-1-3-5-10/h1-5,7-8H,6,9H2,(H2,15,17)(H,16,18). The molecule has 0 fully saturated rings. The zero-order chi connectivity index (χ0) is 16.2. The zero-order valence-corrected chi connectivity index (χ0v) is 13.1. The summed E-state index contributed by atoms with van der Waals surface area (Å²) in [6, 6.07) is 11.3. The molecule has 2 amide bonds. The Balaban J connectivity index is 2.05. The third-order valence-corrected chi connectivity index (χ3v) is 4.82. The molecule has 0 aliphatic carbocycles. The van der Waals surface area contributed by atoms with Crippen LogP contribution in [0.4, 0.5) is 0 Å². The Hall–Kier alpha value is -2.19. The van der Waals surface area contributed by atoms with Crippen molar-refractivity contribution in [2.75, 3.05) is 5.75 Å². The van der Waals surface area contributed by atoms with Crippen molar-refractivity contribution in [3.05, 3.63) is 57.8 Å². The maximum absolute atomic E-state index is 11.9. The van der Waals surface area contributed by atoms with Gasteiger partial charge in [0.15, 0.2) is 0 Å². The van der Waals surface area contributed by atoms with Crippen LogP contribution in [-0.2, 0) is 21.2 Å². The summed E-state index contributed by atoms with van der Waals surface area (Å²) in [6.07, 6.45) is 0.660. The maximum atomic E-state index is 11.9. The highest BCUT2D eigenvalue weighted by Gasteiger charge is 2.19. The third kappa shape index (κ3) is 4.68. The van der Waals surface area contributed by atoms with E-state index in [9.17, 15) is 18.0 Å². The lowest BCUT2D eigenvalue weighted by Crippen LogP contribution is -2.36. The van der Waals surface area contributed by atoms with Gasteiger partial charge < -0.3 is 5.73 Å². The number of rotatable bonds is 6. The summed E-state index contributed by atoms with van der Waals surface area (Å²) in [5.41, 5.74) is 6.15. The molecule has 0 atom stereocenters. The first-order valence-electron chi connectivity index (χ1n) is 6.30. The molecule has 8 heteroatoms. The van der Waals surface area contributed by atoms with Crippen LogP contribution in [-0.4, -0.2) is 26.0 Å². The zero-order valence-electron chi connectivity index (χ0n) is 11.5. The van der Waals surface area contributed by atoms with Crippen molar-refractivity contribution in [3.8, 4) is 0 Å². The van der Waals surface area contributed by atoms with E-state index in [0.717, 1.165) is 10.4 Å². The predicted octanol–water partition coefficient (Wildman–Crippen LogP) is 0.884. The fourth-order valence-corrected chi connectivity index (χ4v) is 3.56. The van der Waals surface area contributed by atoms with Gasteiger partial charge in [-0.25, -0.2) is 13.1 Å². The van der Waals surface area contributed by atoms with E-state index in [-0.39, 0.29) is 5.56 Å². The topological polar surface area (TPSA) is 106 Å². The quantitative estimate of drug-likeness (QED) is 0.815. The number of carbonyl (C=O) groups excluding carboxylic acids is 2. The molecule has 0 aliphatic rings. The van der Waals surface area contributed by atoms with Crippen molar-refractivity contribution in [1.29, 1.82) is 0 Å². The Bertz CT molecular complexity index is 782. The van der Waals surface area contributed by atoms with Crippen molar-refractivity contribution >= 4 is 33.2 Å². The molecular weight excluding hydrogens is 324 g/mol. The van der Waals surface area contributed by atoms with Crippen LogP contribution in [0, 0.1) is 0 Å². The van der Waals surface area contributed by atoms with Crippen molar-refractivity contribution < 1.29 is 18.0 Å². The molecule has 0 bridgehead atoms. The second-order valence-corrected chi connectivity index (χ2v) is 7.34. The fraction of sp³-hybridized carbons (Fsp3) is 0.143. The largest absolute Gasteiger partial charge is 0.369 e. The van der Waals surface area contributed by atoms with Crippen LogP contribution in [0.2, 0.25) is 0 Å². The smallest absolute Gasteiger partial charge is 0.265 e. The van der Waals surface area contributed by atoms with E-state index in [2.05, 4.69) is 0 Å². The van der Waals surface area contributed by atoms with Crippen molar-refractivity contribution in [3.63, 3.8) is 0 Å². The van der Waals surface area contributed by atoms with Gasteiger partial charge in [-0.05, 0) is 11.6 Å². The van der Waals surface area contributed by atoms with E-state index in [0.29, 0.717) is 6.42 Å². The first-order chi connectivity index (χ1) is 10.4. The average molecular weight is 338 g/mol. The molecular formula is C14H14N2O4S2. The summed E-state index contributed by atoms with van der Waals surface area (Å²) in [6.45, 7) is 0. The van der Waals surface area contributed by atoms with Gasteiger partial charge in [0, 0.05) is 16.7 Å². The normalized spacial score (nSPS) is 11.1. The van der Waals surface area contributed by atoms with Gasteiger partial charge in [0.25, 0.3) is 5.91 Å². The predicted molar refractivity (Wildman–Crippen MR) is 84.0 cm³/mol. The van der Waals surface area contributed by atoms with E-state index < -0.39 is 27.6 Å². The summed E-state index contributed by atoms with van der Waals surface area (Å²) in [7, 11) is -4.05. The number of hydrogen-bond donors (Lipinski definition) is 2. The van der Waals surface area contributed by atoms with Gasteiger partial charge in [0.05, 0.1) is 5.56 Å². The molecule has 0 radical (unpaired) electrons. The van der Waals surface area contributed by atoms with Gasteiger partial charge in [0.2, 0.25) is 15.9 Å². The van der Waals surface area contributed by atoms with Crippen molar-refractivity contribution in [2.24, 2.45) is 5.73 Å². The number of carbonyl (C=O) groups is 2. The number of thiophene rings is 1. The first-order valence-corrected chi connectivity index (χ1v) is 8.83. The molecule has 0 saturated carbocycles. The van der Waals surface area contributed by atoms with Crippen LogP contribution in [0.25, 0.3) is 0 Å². The highest BCUT2D eigenvalue weighted by atomic mass is 32.2. The highest BCUT2D eigenvalue weighted by molar-refractivity contribution is 7.90. The van der Waals surface area contributed by atoms with E-state index in [1.165, 1.54) is 11.3 Å². The summed E-state index contributed by atoms with van der Waals surface area (Å²) >= 11 is 1.37. The van der Waals surface area contributed by atoms with Crippen LogP contribution in [0.1, 0.15) is 20.8 Å². The minimum Gasteiger partial charge on any atom is -0.369 e. The molecule has 0 unspecified atom stereocenters. The van der Waals surface area contributed by atoms with Crippen molar-refractivity contribution in [2.45, 2.75) is 6.42 Å². The fourth-order valence-electron chi connectivity index (χ4n) is 1.81. The number of sulfonamides is 1. The molecule has 2 aromatic rings. The third-order valence-electron chi connectivity index (χ3n) is 2.72. The SMILES string of the molecule is NC(=O)CS(=O)(=O)NC(=O)c1csc(Cc2ccccc2)c1. The van der Waals surface area contributed by atoms with Crippen molar-refractivity contribution in [1.82, 2.24) is 4.72 Å². The van der Waals surface area contributed by atoms with Crippen LogP contribution < -0.4 is 10.5 Å². The molecule has 1 aromatic carbocycles. The summed E-state index contributed by atoms with van der Waals surface area (Å²) in [4.78, 5) is 23.4. The van der Waals surface area contributed by atoms with E-state index in [4.69, 9.17) is 5.73 Å². The molecule has 1 heterocycles. The molecule has 0 saturated heterocycles. The molecule has 22 heavy (non-hydrogen) atoms. The summed E-state index contributed by atoms with van der Waals surface area (Å²) in [5, 5.41) is 1.58. The summed E-state index contributed by atoms with van der Waals surface area (Å²) in [5.74, 6) is -2.70. The van der Waals surface area contributed by atoms with Crippen LogP contribution in [0.5, 0.6) is 0 Å². The molecule has 6 nitrogen and oxygen atoms in total. The van der Waals surface area contributed by atoms with Gasteiger partial charge in [-0.15, -0.1) is 11.3 Å².